The maximum atomic E-state index is 13.1. The summed E-state index contributed by atoms with van der Waals surface area (Å²) in [6.07, 6.45) is 3.39. The van der Waals surface area contributed by atoms with Crippen LogP contribution >= 0.6 is 0 Å². The molecule has 8 heteroatoms. The van der Waals surface area contributed by atoms with E-state index in [1.54, 1.807) is 6.07 Å². The number of piperidine rings is 1. The molecule has 2 fully saturated rings. The molecule has 0 amide bonds. The van der Waals surface area contributed by atoms with E-state index in [9.17, 15) is 13.2 Å². The molecule has 1 aromatic carbocycles. The van der Waals surface area contributed by atoms with E-state index in [1.807, 2.05) is 0 Å². The molecule has 1 spiro atoms. The van der Waals surface area contributed by atoms with Crippen molar-refractivity contribution >= 4 is 16.0 Å². The number of aliphatic carboxylic acids is 1. The summed E-state index contributed by atoms with van der Waals surface area (Å²) < 4.78 is 38.5. The Morgan fingerprint density at radius 3 is 2.46 bits per heavy atom. The highest BCUT2D eigenvalue weighted by atomic mass is 32.2. The molecule has 144 valence electrons. The number of benzene rings is 1. The minimum absolute atomic E-state index is 0.0432. The molecule has 2 heterocycles. The minimum atomic E-state index is -3.73. The number of sulfonamides is 1. The summed E-state index contributed by atoms with van der Waals surface area (Å²) in [6, 6.07) is 4.52. The second-order valence-corrected chi connectivity index (χ2v) is 8.98. The summed E-state index contributed by atoms with van der Waals surface area (Å²) in [7, 11) is -2.32. The topological polar surface area (TPSA) is 93.1 Å². The Morgan fingerprint density at radius 2 is 1.88 bits per heavy atom. The van der Waals surface area contributed by atoms with Crippen molar-refractivity contribution in [3.63, 3.8) is 0 Å². The highest BCUT2D eigenvalue weighted by molar-refractivity contribution is 7.89. The Hall–Kier alpha value is -1.64. The fourth-order valence-electron chi connectivity index (χ4n) is 3.85. The van der Waals surface area contributed by atoms with Gasteiger partial charge in [0.1, 0.15) is 10.6 Å². The van der Waals surface area contributed by atoms with Crippen LogP contribution < -0.4 is 4.74 Å². The Morgan fingerprint density at radius 1 is 1.23 bits per heavy atom. The predicted molar refractivity (Wildman–Crippen MR) is 94.8 cm³/mol. The van der Waals surface area contributed by atoms with Gasteiger partial charge in [-0.25, -0.2) is 8.42 Å². The van der Waals surface area contributed by atoms with Crippen LogP contribution in [0.2, 0.25) is 0 Å². The normalized spacial score (nSPS) is 20.8. The maximum Gasteiger partial charge on any atom is 0.307 e. The van der Waals surface area contributed by atoms with E-state index < -0.39 is 16.0 Å². The molecule has 0 aromatic heterocycles. The van der Waals surface area contributed by atoms with Gasteiger partial charge in [-0.2, -0.15) is 4.31 Å². The van der Waals surface area contributed by atoms with Crippen molar-refractivity contribution in [3.05, 3.63) is 23.8 Å². The molecule has 26 heavy (non-hydrogen) atoms. The number of carboxylic acid groups (broad SMARTS) is 1. The summed E-state index contributed by atoms with van der Waals surface area (Å²) in [6.45, 7) is 2.43. The molecule has 3 rings (SSSR count). The summed E-state index contributed by atoms with van der Waals surface area (Å²) in [4.78, 5) is 11.0. The molecule has 1 aromatic rings. The van der Waals surface area contributed by atoms with Gasteiger partial charge in [0.05, 0.1) is 13.5 Å². The van der Waals surface area contributed by atoms with Crippen molar-refractivity contribution in [1.29, 1.82) is 0 Å². The third-order valence-electron chi connectivity index (χ3n) is 5.54. The lowest BCUT2D eigenvalue weighted by molar-refractivity contribution is -0.136. The van der Waals surface area contributed by atoms with Crippen LogP contribution in [-0.4, -0.2) is 57.2 Å². The molecule has 0 bridgehead atoms. The first-order valence-corrected chi connectivity index (χ1v) is 10.3. The largest absolute Gasteiger partial charge is 0.495 e. The number of ether oxygens (including phenoxy) is 2. The average Bonchev–Trinajstić information content (AvgIpc) is 2.62. The van der Waals surface area contributed by atoms with Gasteiger partial charge in [-0.1, -0.05) is 6.07 Å². The van der Waals surface area contributed by atoms with E-state index in [0.29, 0.717) is 18.7 Å². The van der Waals surface area contributed by atoms with Crippen LogP contribution in [0, 0.1) is 5.41 Å². The molecule has 0 atom stereocenters. The number of carbonyl (C=O) groups is 1. The second-order valence-electron chi connectivity index (χ2n) is 7.07. The molecule has 7 nitrogen and oxygen atoms in total. The van der Waals surface area contributed by atoms with Crippen LogP contribution in [0.25, 0.3) is 0 Å². The van der Waals surface area contributed by atoms with Gasteiger partial charge >= 0.3 is 5.97 Å². The first-order chi connectivity index (χ1) is 12.4. The van der Waals surface area contributed by atoms with Crippen molar-refractivity contribution in [1.82, 2.24) is 4.31 Å². The Kier molecular flexibility index (Phi) is 5.55. The molecule has 2 aliphatic heterocycles. The summed E-state index contributed by atoms with van der Waals surface area (Å²) in [5.41, 5.74) is 0.634. The zero-order chi connectivity index (χ0) is 18.8. The molecule has 0 aliphatic carbocycles. The van der Waals surface area contributed by atoms with Gasteiger partial charge in [-0.05, 0) is 48.8 Å². The monoisotopic (exact) mass is 383 g/mol. The van der Waals surface area contributed by atoms with Crippen molar-refractivity contribution in [2.75, 3.05) is 33.4 Å². The van der Waals surface area contributed by atoms with Crippen LogP contribution in [0.5, 0.6) is 5.75 Å². The molecule has 2 saturated heterocycles. The second kappa shape index (κ2) is 7.54. The van der Waals surface area contributed by atoms with E-state index >= 15 is 0 Å². The maximum absolute atomic E-state index is 13.1. The highest BCUT2D eigenvalue weighted by Crippen LogP contribution is 2.42. The van der Waals surface area contributed by atoms with Gasteiger partial charge in [0.15, 0.2) is 0 Å². The fourth-order valence-corrected chi connectivity index (χ4v) is 5.50. The lowest BCUT2D eigenvalue weighted by Gasteiger charge is -2.43. The lowest BCUT2D eigenvalue weighted by atomic mass is 9.73. The zero-order valence-corrected chi connectivity index (χ0v) is 15.8. The van der Waals surface area contributed by atoms with Gasteiger partial charge < -0.3 is 14.6 Å². The van der Waals surface area contributed by atoms with Crippen molar-refractivity contribution in [2.45, 2.75) is 37.0 Å². The number of hydrogen-bond donors (Lipinski definition) is 1. The Balaban J connectivity index is 1.82. The van der Waals surface area contributed by atoms with Crippen LogP contribution in [0.15, 0.2) is 23.1 Å². The van der Waals surface area contributed by atoms with Crippen molar-refractivity contribution in [2.24, 2.45) is 5.41 Å². The molecule has 0 saturated carbocycles. The van der Waals surface area contributed by atoms with Crippen LogP contribution in [0.1, 0.15) is 31.2 Å². The number of methoxy groups -OCH3 is 1. The first-order valence-electron chi connectivity index (χ1n) is 8.83. The Labute approximate surface area is 154 Å². The van der Waals surface area contributed by atoms with Crippen molar-refractivity contribution < 1.29 is 27.8 Å². The van der Waals surface area contributed by atoms with Gasteiger partial charge in [-0.15, -0.1) is 0 Å². The van der Waals surface area contributed by atoms with Crippen LogP contribution in [0.4, 0.5) is 0 Å². The standard InChI is InChI=1S/C18H25NO6S/c1-24-15-3-2-14(13-17(20)21)12-16(15)26(22,23)19-8-4-18(5-9-19)6-10-25-11-7-18/h2-3,12H,4-11,13H2,1H3,(H,20,21). The Bertz CT molecular complexity index is 760. The minimum Gasteiger partial charge on any atom is -0.495 e. The van der Waals surface area contributed by atoms with Gasteiger partial charge in [0, 0.05) is 26.3 Å². The fraction of sp³-hybridized carbons (Fsp3) is 0.611. The highest BCUT2D eigenvalue weighted by Gasteiger charge is 2.40. The van der Waals surface area contributed by atoms with E-state index in [0.717, 1.165) is 38.9 Å². The molecule has 1 N–H and O–H groups in total. The number of rotatable bonds is 5. The quantitative estimate of drug-likeness (QED) is 0.835. The van der Waals surface area contributed by atoms with Gasteiger partial charge in [-0.3, -0.25) is 4.79 Å². The van der Waals surface area contributed by atoms with E-state index in [4.69, 9.17) is 14.6 Å². The van der Waals surface area contributed by atoms with E-state index in [-0.39, 0.29) is 22.5 Å². The van der Waals surface area contributed by atoms with E-state index in [1.165, 1.54) is 23.5 Å². The first kappa shape index (κ1) is 19.1. The SMILES string of the molecule is COc1ccc(CC(=O)O)cc1S(=O)(=O)N1CCC2(CCOCC2)CC1. The average molecular weight is 383 g/mol. The van der Waals surface area contributed by atoms with Crippen molar-refractivity contribution in [3.8, 4) is 5.75 Å². The molecular formula is C18H25NO6S. The number of carboxylic acids is 1. The third-order valence-corrected chi connectivity index (χ3v) is 7.46. The predicted octanol–water partition coefficient (Wildman–Crippen LogP) is 1.90. The third kappa shape index (κ3) is 3.87. The summed E-state index contributed by atoms with van der Waals surface area (Å²) in [5, 5.41) is 8.98. The summed E-state index contributed by atoms with van der Waals surface area (Å²) >= 11 is 0. The molecule has 0 unspecified atom stereocenters. The van der Waals surface area contributed by atoms with Gasteiger partial charge in [0.2, 0.25) is 10.0 Å². The van der Waals surface area contributed by atoms with E-state index in [2.05, 4.69) is 0 Å². The lowest BCUT2D eigenvalue weighted by Crippen LogP contribution is -2.45. The molecular weight excluding hydrogens is 358 g/mol. The number of nitrogens with zero attached hydrogens (tertiary/aromatic N) is 1. The smallest absolute Gasteiger partial charge is 0.307 e. The number of hydrogen-bond acceptors (Lipinski definition) is 5. The van der Waals surface area contributed by atoms with Gasteiger partial charge in [0.25, 0.3) is 0 Å². The zero-order valence-electron chi connectivity index (χ0n) is 14.9. The molecule has 0 radical (unpaired) electrons. The van der Waals surface area contributed by atoms with Crippen LogP contribution in [0.3, 0.4) is 0 Å². The summed E-state index contributed by atoms with van der Waals surface area (Å²) in [5.74, 6) is -0.761. The van der Waals surface area contributed by atoms with Crippen LogP contribution in [-0.2, 0) is 26.0 Å². The molecule has 2 aliphatic rings.